The lowest BCUT2D eigenvalue weighted by Crippen LogP contribution is -2.38. The summed E-state index contributed by atoms with van der Waals surface area (Å²) in [5.74, 6) is -1.75. The Kier molecular flexibility index (Phi) is 4.76. The number of ketones is 1. The maximum atomic E-state index is 13.8. The molecule has 1 aromatic carbocycles. The second-order valence-corrected chi connectivity index (χ2v) is 5.87. The molecule has 0 unspecified atom stereocenters. The van der Waals surface area contributed by atoms with E-state index in [1.54, 1.807) is 30.5 Å². The first-order valence-electron chi connectivity index (χ1n) is 7.75. The SMILES string of the molecule is O=C(c1ccccn1)[C@@H]1CCCN(Cc2cccc(F)c2F)C1. The van der Waals surface area contributed by atoms with E-state index in [-0.39, 0.29) is 11.7 Å². The maximum absolute atomic E-state index is 13.8. The van der Waals surface area contributed by atoms with Crippen LogP contribution in [0.1, 0.15) is 28.9 Å². The number of benzene rings is 1. The Morgan fingerprint density at radius 1 is 1.22 bits per heavy atom. The van der Waals surface area contributed by atoms with Crippen molar-refractivity contribution in [3.63, 3.8) is 0 Å². The van der Waals surface area contributed by atoms with Crippen LogP contribution >= 0.6 is 0 Å². The standard InChI is InChI=1S/C18H18F2N2O/c19-15-7-3-5-13(17(15)20)11-22-10-4-6-14(12-22)18(23)16-8-1-2-9-21-16/h1-3,5,7-9,14H,4,6,10-12H2/t14-/m1/s1. The predicted octanol–water partition coefficient (Wildman–Crippen LogP) is 3.45. The summed E-state index contributed by atoms with van der Waals surface area (Å²) in [5.41, 5.74) is 0.798. The second kappa shape index (κ2) is 6.96. The molecular weight excluding hydrogens is 298 g/mol. The van der Waals surface area contributed by atoms with Crippen molar-refractivity contribution in [2.75, 3.05) is 13.1 Å². The number of piperidine rings is 1. The second-order valence-electron chi connectivity index (χ2n) is 5.87. The number of Topliss-reactive ketones (excluding diaryl/α,β-unsaturated/α-hetero) is 1. The molecule has 0 spiro atoms. The van der Waals surface area contributed by atoms with Crippen LogP contribution in [0, 0.1) is 17.6 Å². The third-order valence-electron chi connectivity index (χ3n) is 4.22. The molecule has 1 atom stereocenters. The summed E-state index contributed by atoms with van der Waals surface area (Å²) >= 11 is 0. The molecule has 23 heavy (non-hydrogen) atoms. The molecule has 0 aliphatic carbocycles. The summed E-state index contributed by atoms with van der Waals surface area (Å²) in [4.78, 5) is 18.6. The number of carbonyl (C=O) groups is 1. The number of halogens is 2. The molecule has 1 aliphatic rings. The number of nitrogens with zero attached hydrogens (tertiary/aromatic N) is 2. The molecule has 2 heterocycles. The van der Waals surface area contributed by atoms with E-state index in [0.29, 0.717) is 24.3 Å². The topological polar surface area (TPSA) is 33.2 Å². The summed E-state index contributed by atoms with van der Waals surface area (Å²) in [5, 5.41) is 0. The van der Waals surface area contributed by atoms with Gasteiger partial charge in [-0.05, 0) is 37.6 Å². The summed E-state index contributed by atoms with van der Waals surface area (Å²) in [7, 11) is 0. The van der Waals surface area contributed by atoms with E-state index < -0.39 is 11.6 Å². The van der Waals surface area contributed by atoms with E-state index >= 15 is 0 Å². The highest BCUT2D eigenvalue weighted by Gasteiger charge is 2.27. The largest absolute Gasteiger partial charge is 0.298 e. The summed E-state index contributed by atoms with van der Waals surface area (Å²) < 4.78 is 27.1. The van der Waals surface area contributed by atoms with Gasteiger partial charge in [0.1, 0.15) is 5.69 Å². The number of likely N-dealkylation sites (tertiary alicyclic amines) is 1. The molecule has 1 aliphatic heterocycles. The van der Waals surface area contributed by atoms with Gasteiger partial charge in [-0.2, -0.15) is 0 Å². The van der Waals surface area contributed by atoms with E-state index in [4.69, 9.17) is 0 Å². The summed E-state index contributed by atoms with van der Waals surface area (Å²) in [6, 6.07) is 9.49. The highest BCUT2D eigenvalue weighted by atomic mass is 19.2. The molecule has 0 N–H and O–H groups in total. The van der Waals surface area contributed by atoms with E-state index in [9.17, 15) is 13.6 Å². The molecule has 0 saturated carbocycles. The highest BCUT2D eigenvalue weighted by Crippen LogP contribution is 2.23. The van der Waals surface area contributed by atoms with Crippen LogP contribution in [-0.2, 0) is 6.54 Å². The van der Waals surface area contributed by atoms with E-state index in [1.807, 2.05) is 4.90 Å². The zero-order valence-corrected chi connectivity index (χ0v) is 12.7. The van der Waals surface area contributed by atoms with Gasteiger partial charge in [0.15, 0.2) is 17.4 Å². The molecule has 1 fully saturated rings. The molecule has 1 saturated heterocycles. The normalized spacial score (nSPS) is 18.8. The quantitative estimate of drug-likeness (QED) is 0.810. The Hall–Kier alpha value is -2.14. The van der Waals surface area contributed by atoms with Gasteiger partial charge >= 0.3 is 0 Å². The molecule has 120 valence electrons. The van der Waals surface area contributed by atoms with Crippen molar-refractivity contribution in [2.24, 2.45) is 5.92 Å². The number of hydrogen-bond acceptors (Lipinski definition) is 3. The van der Waals surface area contributed by atoms with Gasteiger partial charge in [-0.15, -0.1) is 0 Å². The number of aromatic nitrogens is 1. The van der Waals surface area contributed by atoms with Crippen molar-refractivity contribution in [3.8, 4) is 0 Å². The molecule has 1 aromatic heterocycles. The van der Waals surface area contributed by atoms with Crippen molar-refractivity contribution >= 4 is 5.78 Å². The zero-order chi connectivity index (χ0) is 16.2. The molecular formula is C18H18F2N2O. The Balaban J connectivity index is 1.69. The molecule has 3 rings (SSSR count). The van der Waals surface area contributed by atoms with Gasteiger partial charge in [0.05, 0.1) is 0 Å². The van der Waals surface area contributed by atoms with Crippen molar-refractivity contribution in [3.05, 3.63) is 65.5 Å². The lowest BCUT2D eigenvalue weighted by molar-refractivity contribution is 0.0805. The lowest BCUT2D eigenvalue weighted by Gasteiger charge is -2.31. The van der Waals surface area contributed by atoms with Crippen LogP contribution in [0.4, 0.5) is 8.78 Å². The van der Waals surface area contributed by atoms with Crippen LogP contribution in [0.25, 0.3) is 0 Å². The smallest absolute Gasteiger partial charge is 0.185 e. The van der Waals surface area contributed by atoms with Gasteiger partial charge in [-0.3, -0.25) is 14.7 Å². The Morgan fingerprint density at radius 2 is 2.09 bits per heavy atom. The molecule has 2 aromatic rings. The van der Waals surface area contributed by atoms with Gasteiger partial charge in [-0.1, -0.05) is 18.2 Å². The number of carbonyl (C=O) groups excluding carboxylic acids is 1. The van der Waals surface area contributed by atoms with Gasteiger partial charge in [0.2, 0.25) is 0 Å². The van der Waals surface area contributed by atoms with Gasteiger partial charge in [0.25, 0.3) is 0 Å². The van der Waals surface area contributed by atoms with Crippen LogP contribution in [0.15, 0.2) is 42.6 Å². The Labute approximate surface area is 134 Å². The molecule has 5 heteroatoms. The minimum atomic E-state index is -0.833. The first-order chi connectivity index (χ1) is 11.1. The first kappa shape index (κ1) is 15.7. The third kappa shape index (κ3) is 3.62. The van der Waals surface area contributed by atoms with Crippen LogP contribution in [0.5, 0.6) is 0 Å². The van der Waals surface area contributed by atoms with E-state index in [2.05, 4.69) is 4.98 Å². The predicted molar refractivity (Wildman–Crippen MR) is 82.9 cm³/mol. The fourth-order valence-corrected chi connectivity index (χ4v) is 3.04. The van der Waals surface area contributed by atoms with E-state index in [1.165, 1.54) is 6.07 Å². The van der Waals surface area contributed by atoms with Crippen LogP contribution in [0.3, 0.4) is 0 Å². The van der Waals surface area contributed by atoms with Crippen molar-refractivity contribution in [1.82, 2.24) is 9.88 Å². The van der Waals surface area contributed by atoms with Gasteiger partial charge in [-0.25, -0.2) is 8.78 Å². The molecule has 0 radical (unpaired) electrons. The maximum Gasteiger partial charge on any atom is 0.185 e. The Bertz CT molecular complexity index is 691. The number of rotatable bonds is 4. The summed E-state index contributed by atoms with van der Waals surface area (Å²) in [6.07, 6.45) is 3.27. The summed E-state index contributed by atoms with van der Waals surface area (Å²) in [6.45, 7) is 1.64. The van der Waals surface area contributed by atoms with Crippen molar-refractivity contribution in [1.29, 1.82) is 0 Å². The fraction of sp³-hybridized carbons (Fsp3) is 0.333. The minimum Gasteiger partial charge on any atom is -0.298 e. The third-order valence-corrected chi connectivity index (χ3v) is 4.22. The van der Waals surface area contributed by atoms with Crippen molar-refractivity contribution < 1.29 is 13.6 Å². The lowest BCUT2D eigenvalue weighted by atomic mass is 9.91. The molecule has 0 amide bonds. The average Bonchev–Trinajstić information content (AvgIpc) is 2.59. The highest BCUT2D eigenvalue weighted by molar-refractivity contribution is 5.96. The number of hydrogen-bond donors (Lipinski definition) is 0. The first-order valence-corrected chi connectivity index (χ1v) is 7.75. The monoisotopic (exact) mass is 316 g/mol. The fourth-order valence-electron chi connectivity index (χ4n) is 3.04. The van der Waals surface area contributed by atoms with Gasteiger partial charge < -0.3 is 0 Å². The Morgan fingerprint density at radius 3 is 2.87 bits per heavy atom. The molecule has 0 bridgehead atoms. The number of pyridine rings is 1. The zero-order valence-electron chi connectivity index (χ0n) is 12.7. The van der Waals surface area contributed by atoms with Crippen LogP contribution in [-0.4, -0.2) is 28.8 Å². The van der Waals surface area contributed by atoms with Crippen LogP contribution in [0.2, 0.25) is 0 Å². The average molecular weight is 316 g/mol. The van der Waals surface area contributed by atoms with Crippen molar-refractivity contribution in [2.45, 2.75) is 19.4 Å². The van der Waals surface area contributed by atoms with Gasteiger partial charge in [0, 0.05) is 30.8 Å². The molecule has 3 nitrogen and oxygen atoms in total. The minimum absolute atomic E-state index is 0.0232. The van der Waals surface area contributed by atoms with E-state index in [0.717, 1.165) is 25.5 Å². The van der Waals surface area contributed by atoms with Crippen LogP contribution < -0.4 is 0 Å².